The Morgan fingerprint density at radius 1 is 1.06 bits per heavy atom. The van der Waals surface area contributed by atoms with Crippen LogP contribution in [-0.2, 0) is 4.79 Å². The van der Waals surface area contributed by atoms with Crippen LogP contribution in [0, 0.1) is 11.8 Å². The number of ketones is 1. The Kier molecular flexibility index (Phi) is 4.06. The normalized spacial score (nSPS) is 34.9. The van der Waals surface area contributed by atoms with E-state index < -0.39 is 12.1 Å². The zero-order chi connectivity index (χ0) is 12.5. The molecule has 2 fully saturated rings. The summed E-state index contributed by atoms with van der Waals surface area (Å²) in [6, 6.07) is 0. The Bertz CT molecular complexity index is 276. The maximum Gasteiger partial charge on any atom is 0.391 e. The summed E-state index contributed by atoms with van der Waals surface area (Å²) < 4.78 is 37.4. The zero-order valence-electron chi connectivity index (χ0n) is 9.63. The number of rotatable bonds is 2. The second-order valence-electron chi connectivity index (χ2n) is 4.99. The molecule has 0 spiro atoms. The summed E-state index contributed by atoms with van der Waals surface area (Å²) in [4.78, 5) is 12.1. The fourth-order valence-corrected chi connectivity index (χ4v) is 4.08. The number of hydrogen-bond donors (Lipinski definition) is 0. The number of halogens is 3. The van der Waals surface area contributed by atoms with Crippen LogP contribution in [0.25, 0.3) is 0 Å². The molecule has 17 heavy (non-hydrogen) atoms. The van der Waals surface area contributed by atoms with Crippen LogP contribution in [0.1, 0.15) is 38.5 Å². The molecule has 0 radical (unpaired) electrons. The Morgan fingerprint density at radius 3 is 2.18 bits per heavy atom. The van der Waals surface area contributed by atoms with Gasteiger partial charge in [-0.2, -0.15) is 24.9 Å². The molecule has 1 saturated carbocycles. The van der Waals surface area contributed by atoms with E-state index >= 15 is 0 Å². The number of Topliss-reactive ketones (excluding diaryl/α,β-unsaturated/α-hetero) is 1. The zero-order valence-corrected chi connectivity index (χ0v) is 10.4. The van der Waals surface area contributed by atoms with Crippen molar-refractivity contribution in [1.82, 2.24) is 0 Å². The molecule has 1 saturated heterocycles. The van der Waals surface area contributed by atoms with Crippen molar-refractivity contribution in [3.8, 4) is 0 Å². The van der Waals surface area contributed by atoms with Crippen molar-refractivity contribution in [2.75, 3.05) is 5.75 Å². The topological polar surface area (TPSA) is 17.1 Å². The minimum absolute atomic E-state index is 0.0717. The van der Waals surface area contributed by atoms with E-state index in [9.17, 15) is 18.0 Å². The minimum atomic E-state index is -4.07. The number of carbonyl (C=O) groups is 1. The first kappa shape index (κ1) is 13.2. The van der Waals surface area contributed by atoms with E-state index in [2.05, 4.69) is 0 Å². The molecule has 1 unspecified atom stereocenters. The molecule has 0 aromatic carbocycles. The van der Waals surface area contributed by atoms with Crippen molar-refractivity contribution >= 4 is 17.5 Å². The van der Waals surface area contributed by atoms with Gasteiger partial charge in [0.05, 0.1) is 11.2 Å². The predicted molar refractivity (Wildman–Crippen MR) is 62.0 cm³/mol. The molecule has 1 atom stereocenters. The first-order valence-corrected chi connectivity index (χ1v) is 7.25. The molecule has 0 amide bonds. The van der Waals surface area contributed by atoms with Crippen LogP contribution in [0.5, 0.6) is 0 Å². The Labute approximate surface area is 104 Å². The highest BCUT2D eigenvalue weighted by molar-refractivity contribution is 8.00. The van der Waals surface area contributed by atoms with Gasteiger partial charge in [-0.1, -0.05) is 0 Å². The average Bonchev–Trinajstić information content (AvgIpc) is 2.80. The fraction of sp³-hybridized carbons (Fsp3) is 0.917. The summed E-state index contributed by atoms with van der Waals surface area (Å²) in [7, 11) is 0. The smallest absolute Gasteiger partial charge is 0.298 e. The van der Waals surface area contributed by atoms with Gasteiger partial charge in [0.15, 0.2) is 0 Å². The van der Waals surface area contributed by atoms with Crippen molar-refractivity contribution in [2.45, 2.75) is 50.0 Å². The van der Waals surface area contributed by atoms with E-state index in [-0.39, 0.29) is 29.8 Å². The number of thioether (sulfide) groups is 1. The van der Waals surface area contributed by atoms with E-state index in [1.165, 1.54) is 0 Å². The highest BCUT2D eigenvalue weighted by Crippen LogP contribution is 2.41. The van der Waals surface area contributed by atoms with Crippen LogP contribution in [0.4, 0.5) is 13.2 Å². The van der Waals surface area contributed by atoms with Crippen molar-refractivity contribution in [3.63, 3.8) is 0 Å². The van der Waals surface area contributed by atoms with Crippen LogP contribution < -0.4 is 0 Å². The lowest BCUT2D eigenvalue weighted by molar-refractivity contribution is -0.184. The van der Waals surface area contributed by atoms with Crippen LogP contribution in [-0.4, -0.2) is 23.0 Å². The Morgan fingerprint density at radius 2 is 1.71 bits per heavy atom. The van der Waals surface area contributed by atoms with Gasteiger partial charge >= 0.3 is 6.18 Å². The van der Waals surface area contributed by atoms with Crippen molar-refractivity contribution < 1.29 is 18.0 Å². The maximum atomic E-state index is 12.5. The summed E-state index contributed by atoms with van der Waals surface area (Å²) in [5.74, 6) is -0.0472. The van der Waals surface area contributed by atoms with Crippen LogP contribution in [0.3, 0.4) is 0 Å². The lowest BCUT2D eigenvalue weighted by Gasteiger charge is -2.30. The molecule has 0 N–H and O–H groups in total. The summed E-state index contributed by atoms with van der Waals surface area (Å²) in [6.07, 6.45) is -0.952. The Balaban J connectivity index is 1.84. The highest BCUT2D eigenvalue weighted by Gasteiger charge is 2.43. The van der Waals surface area contributed by atoms with E-state index in [1.807, 2.05) is 0 Å². The van der Waals surface area contributed by atoms with E-state index in [0.29, 0.717) is 12.8 Å². The maximum absolute atomic E-state index is 12.5. The molecule has 98 valence electrons. The largest absolute Gasteiger partial charge is 0.391 e. The lowest BCUT2D eigenvalue weighted by atomic mass is 9.79. The van der Waals surface area contributed by atoms with Crippen molar-refractivity contribution in [1.29, 1.82) is 0 Å². The Hall–Kier alpha value is -0.190. The molecule has 5 heteroatoms. The molecular weight excluding hydrogens is 249 g/mol. The number of hydrogen-bond acceptors (Lipinski definition) is 2. The van der Waals surface area contributed by atoms with Gasteiger partial charge in [-0.3, -0.25) is 4.79 Å². The number of alkyl halides is 3. The second kappa shape index (κ2) is 5.21. The van der Waals surface area contributed by atoms with Gasteiger partial charge in [0, 0.05) is 5.92 Å². The minimum Gasteiger partial charge on any atom is -0.298 e. The molecule has 2 aliphatic rings. The van der Waals surface area contributed by atoms with Gasteiger partial charge in [-0.15, -0.1) is 0 Å². The van der Waals surface area contributed by atoms with Gasteiger partial charge in [0.2, 0.25) is 0 Å². The quantitative estimate of drug-likeness (QED) is 0.755. The fourth-order valence-electron chi connectivity index (χ4n) is 2.77. The predicted octanol–water partition coefficient (Wildman–Crippen LogP) is 3.82. The molecule has 0 aromatic rings. The summed E-state index contributed by atoms with van der Waals surface area (Å²) in [5, 5.41) is 0.0717. The van der Waals surface area contributed by atoms with E-state index in [0.717, 1.165) is 18.6 Å². The summed E-state index contributed by atoms with van der Waals surface area (Å²) in [5.41, 5.74) is 0. The summed E-state index contributed by atoms with van der Waals surface area (Å²) in [6.45, 7) is 0. The highest BCUT2D eigenvalue weighted by atomic mass is 32.2. The molecule has 1 aliphatic heterocycles. The van der Waals surface area contributed by atoms with E-state index in [1.54, 1.807) is 11.8 Å². The van der Waals surface area contributed by atoms with Gasteiger partial charge in [-0.25, -0.2) is 0 Å². The van der Waals surface area contributed by atoms with Crippen LogP contribution >= 0.6 is 11.8 Å². The third kappa shape index (κ3) is 3.18. The first-order chi connectivity index (χ1) is 7.98. The van der Waals surface area contributed by atoms with Crippen molar-refractivity contribution in [2.24, 2.45) is 11.8 Å². The SMILES string of the molecule is O=C(C1CCC(C(F)(F)F)CC1)C1CCCS1. The van der Waals surface area contributed by atoms with Gasteiger partial charge in [0.25, 0.3) is 0 Å². The number of carbonyl (C=O) groups excluding carboxylic acids is 1. The molecular formula is C12H17F3OS. The average molecular weight is 266 g/mol. The monoisotopic (exact) mass is 266 g/mol. The third-order valence-electron chi connectivity index (χ3n) is 3.84. The molecule has 0 aromatic heterocycles. The molecule has 1 nitrogen and oxygen atoms in total. The molecule has 2 rings (SSSR count). The van der Waals surface area contributed by atoms with Crippen LogP contribution in [0.15, 0.2) is 0 Å². The van der Waals surface area contributed by atoms with Gasteiger partial charge < -0.3 is 0 Å². The van der Waals surface area contributed by atoms with Crippen molar-refractivity contribution in [3.05, 3.63) is 0 Å². The van der Waals surface area contributed by atoms with Crippen LogP contribution in [0.2, 0.25) is 0 Å². The molecule has 1 heterocycles. The second-order valence-corrected chi connectivity index (χ2v) is 6.30. The lowest BCUT2D eigenvalue weighted by Crippen LogP contribution is -2.33. The standard InChI is InChI=1S/C12H17F3OS/c13-12(14,15)9-5-3-8(4-6-9)11(16)10-2-1-7-17-10/h8-10H,1-7H2. The molecule has 1 aliphatic carbocycles. The third-order valence-corrected chi connectivity index (χ3v) is 5.23. The summed E-state index contributed by atoms with van der Waals surface area (Å²) >= 11 is 1.68. The van der Waals surface area contributed by atoms with Gasteiger partial charge in [-0.05, 0) is 44.3 Å². The van der Waals surface area contributed by atoms with Gasteiger partial charge in [0.1, 0.15) is 5.78 Å². The molecule has 0 bridgehead atoms. The first-order valence-electron chi connectivity index (χ1n) is 6.20. The van der Waals surface area contributed by atoms with E-state index in [4.69, 9.17) is 0 Å².